The third-order valence-corrected chi connectivity index (χ3v) is 4.67. The first kappa shape index (κ1) is 12.3. The fourth-order valence-electron chi connectivity index (χ4n) is 2.47. The summed E-state index contributed by atoms with van der Waals surface area (Å²) < 4.78 is 0. The van der Waals surface area contributed by atoms with Crippen LogP contribution in [0.4, 0.5) is 5.82 Å². The lowest BCUT2D eigenvalue weighted by atomic mass is 9.97. The van der Waals surface area contributed by atoms with Gasteiger partial charge in [-0.05, 0) is 38.2 Å². The first-order valence-corrected chi connectivity index (χ1v) is 7.23. The molecule has 2 heterocycles. The van der Waals surface area contributed by atoms with E-state index in [0.717, 1.165) is 23.1 Å². The van der Waals surface area contributed by atoms with Crippen LogP contribution in [0.1, 0.15) is 30.2 Å². The Morgan fingerprint density at radius 3 is 3.00 bits per heavy atom. The van der Waals surface area contributed by atoms with Crippen molar-refractivity contribution in [1.82, 2.24) is 9.97 Å². The van der Waals surface area contributed by atoms with E-state index in [1.807, 2.05) is 0 Å². The molecule has 1 aliphatic carbocycles. The molecule has 0 unspecified atom stereocenters. The van der Waals surface area contributed by atoms with Crippen LogP contribution in [0.2, 0.25) is 0 Å². The number of carboxylic acids is 1. The largest absolute Gasteiger partial charge is 0.480 e. The average Bonchev–Trinajstić information content (AvgIpc) is 2.77. The molecule has 5 nitrogen and oxygen atoms in total. The number of carbonyl (C=O) groups is 1. The molecule has 0 aliphatic heterocycles. The summed E-state index contributed by atoms with van der Waals surface area (Å²) in [6.45, 7) is 1.62. The molecule has 0 amide bonds. The summed E-state index contributed by atoms with van der Waals surface area (Å²) in [4.78, 5) is 21.9. The van der Waals surface area contributed by atoms with Crippen molar-refractivity contribution >= 4 is 33.3 Å². The molecule has 2 N–H and O–H groups in total. The second kappa shape index (κ2) is 4.77. The van der Waals surface area contributed by atoms with Crippen LogP contribution in [0.5, 0.6) is 0 Å². The molecule has 0 bridgehead atoms. The van der Waals surface area contributed by atoms with E-state index >= 15 is 0 Å². The minimum Gasteiger partial charge on any atom is -0.480 e. The first-order chi connectivity index (χ1) is 9.16. The summed E-state index contributed by atoms with van der Waals surface area (Å²) in [6, 6.07) is -0.655. The highest BCUT2D eigenvalue weighted by Crippen LogP contribution is 2.38. The van der Waals surface area contributed by atoms with E-state index in [0.29, 0.717) is 5.82 Å². The zero-order valence-corrected chi connectivity index (χ0v) is 11.5. The fraction of sp³-hybridized carbons (Fsp3) is 0.462. The molecule has 1 aliphatic rings. The molecule has 0 radical (unpaired) electrons. The number of nitrogens with one attached hydrogen (secondary N) is 1. The van der Waals surface area contributed by atoms with Crippen molar-refractivity contribution in [2.75, 3.05) is 5.32 Å². The van der Waals surface area contributed by atoms with Crippen LogP contribution in [0.25, 0.3) is 10.2 Å². The Kier molecular flexibility index (Phi) is 3.10. The van der Waals surface area contributed by atoms with E-state index in [1.165, 1.54) is 29.6 Å². The maximum absolute atomic E-state index is 11.0. The molecule has 3 rings (SSSR count). The molecule has 1 atom stereocenters. The lowest BCUT2D eigenvalue weighted by Crippen LogP contribution is -2.26. The number of carboxylic acid groups (broad SMARTS) is 1. The minimum atomic E-state index is -0.879. The van der Waals surface area contributed by atoms with Crippen LogP contribution >= 0.6 is 11.3 Å². The number of hydrogen-bond acceptors (Lipinski definition) is 5. The number of aryl methyl sites for hydroxylation is 2. The summed E-state index contributed by atoms with van der Waals surface area (Å²) >= 11 is 1.71. The maximum Gasteiger partial charge on any atom is 0.325 e. The van der Waals surface area contributed by atoms with E-state index in [1.54, 1.807) is 18.3 Å². The molecule has 2 aromatic heterocycles. The van der Waals surface area contributed by atoms with Crippen LogP contribution in [0, 0.1) is 0 Å². The lowest BCUT2D eigenvalue weighted by molar-refractivity contribution is -0.137. The summed E-state index contributed by atoms with van der Waals surface area (Å²) in [5, 5.41) is 13.0. The first-order valence-electron chi connectivity index (χ1n) is 6.41. The number of rotatable bonds is 3. The van der Waals surface area contributed by atoms with Crippen molar-refractivity contribution in [3.05, 3.63) is 16.8 Å². The summed E-state index contributed by atoms with van der Waals surface area (Å²) in [5.41, 5.74) is 1.31. The van der Waals surface area contributed by atoms with Crippen molar-refractivity contribution in [3.8, 4) is 0 Å². The van der Waals surface area contributed by atoms with Crippen LogP contribution < -0.4 is 5.32 Å². The number of thiophene rings is 1. The third-order valence-electron chi connectivity index (χ3n) is 3.47. The molecule has 19 heavy (non-hydrogen) atoms. The van der Waals surface area contributed by atoms with Crippen molar-refractivity contribution < 1.29 is 9.90 Å². The Bertz CT molecular complexity index is 638. The van der Waals surface area contributed by atoms with Crippen LogP contribution in [0.15, 0.2) is 6.33 Å². The van der Waals surface area contributed by atoms with Gasteiger partial charge in [0.1, 0.15) is 23.0 Å². The molecule has 6 heteroatoms. The molecular formula is C13H15N3O2S. The molecular weight excluding hydrogens is 262 g/mol. The predicted octanol–water partition coefficient (Wildman–Crippen LogP) is 2.46. The average molecular weight is 277 g/mol. The topological polar surface area (TPSA) is 75.1 Å². The number of anilines is 1. The number of aromatic nitrogens is 2. The van der Waals surface area contributed by atoms with Gasteiger partial charge in [-0.25, -0.2) is 9.97 Å². The van der Waals surface area contributed by atoms with E-state index < -0.39 is 12.0 Å². The Morgan fingerprint density at radius 1 is 1.42 bits per heavy atom. The van der Waals surface area contributed by atoms with Crippen molar-refractivity contribution in [1.29, 1.82) is 0 Å². The molecule has 0 saturated carbocycles. The number of nitrogens with zero attached hydrogens (tertiary/aromatic N) is 2. The molecule has 0 spiro atoms. The van der Waals surface area contributed by atoms with Gasteiger partial charge in [0.05, 0.1) is 5.39 Å². The maximum atomic E-state index is 11.0. The third kappa shape index (κ3) is 2.16. The van der Waals surface area contributed by atoms with E-state index in [-0.39, 0.29) is 0 Å². The minimum absolute atomic E-state index is 0.652. The summed E-state index contributed by atoms with van der Waals surface area (Å²) in [6.07, 6.45) is 6.05. The zero-order chi connectivity index (χ0) is 13.4. The van der Waals surface area contributed by atoms with Gasteiger partial charge in [0.2, 0.25) is 0 Å². The van der Waals surface area contributed by atoms with Crippen molar-refractivity contribution in [2.45, 2.75) is 38.6 Å². The van der Waals surface area contributed by atoms with Gasteiger partial charge >= 0.3 is 5.97 Å². The Hall–Kier alpha value is -1.69. The Balaban J connectivity index is 2.09. The molecule has 100 valence electrons. The summed E-state index contributed by atoms with van der Waals surface area (Å²) in [5.74, 6) is -0.227. The number of hydrogen-bond donors (Lipinski definition) is 2. The van der Waals surface area contributed by atoms with Crippen molar-refractivity contribution in [2.24, 2.45) is 0 Å². The highest BCUT2D eigenvalue weighted by molar-refractivity contribution is 7.19. The van der Waals surface area contributed by atoms with Gasteiger partial charge < -0.3 is 10.4 Å². The SMILES string of the molecule is C[C@@H](Nc1ncnc2sc3c(c12)CCCC3)C(=O)O. The van der Waals surface area contributed by atoms with Gasteiger partial charge in [-0.15, -0.1) is 11.3 Å². The predicted molar refractivity (Wildman–Crippen MR) is 74.8 cm³/mol. The highest BCUT2D eigenvalue weighted by Gasteiger charge is 2.21. The van der Waals surface area contributed by atoms with Crippen LogP contribution in [-0.4, -0.2) is 27.1 Å². The smallest absolute Gasteiger partial charge is 0.325 e. The molecule has 0 fully saturated rings. The van der Waals surface area contributed by atoms with E-state index in [9.17, 15) is 4.79 Å². The van der Waals surface area contributed by atoms with Gasteiger partial charge in [0.25, 0.3) is 0 Å². The van der Waals surface area contributed by atoms with Crippen LogP contribution in [-0.2, 0) is 17.6 Å². The number of fused-ring (bicyclic) bond motifs is 3. The van der Waals surface area contributed by atoms with E-state index in [2.05, 4.69) is 15.3 Å². The van der Waals surface area contributed by atoms with E-state index in [4.69, 9.17) is 5.11 Å². The molecule has 0 saturated heterocycles. The van der Waals surface area contributed by atoms with Gasteiger partial charge in [-0.3, -0.25) is 4.79 Å². The fourth-order valence-corrected chi connectivity index (χ4v) is 3.70. The highest BCUT2D eigenvalue weighted by atomic mass is 32.1. The monoisotopic (exact) mass is 277 g/mol. The Morgan fingerprint density at radius 2 is 2.21 bits per heavy atom. The van der Waals surface area contributed by atoms with Gasteiger partial charge in [-0.2, -0.15) is 0 Å². The van der Waals surface area contributed by atoms with Gasteiger partial charge in [-0.1, -0.05) is 0 Å². The normalized spacial score (nSPS) is 16.1. The lowest BCUT2D eigenvalue weighted by Gasteiger charge is -2.14. The van der Waals surface area contributed by atoms with Gasteiger partial charge in [0.15, 0.2) is 0 Å². The summed E-state index contributed by atoms with van der Waals surface area (Å²) in [7, 11) is 0. The number of aliphatic carboxylic acids is 1. The van der Waals surface area contributed by atoms with Crippen molar-refractivity contribution in [3.63, 3.8) is 0 Å². The second-order valence-corrected chi connectivity index (χ2v) is 5.90. The zero-order valence-electron chi connectivity index (χ0n) is 10.6. The second-order valence-electron chi connectivity index (χ2n) is 4.82. The standard InChI is InChI=1S/C13H15N3O2S/c1-7(13(17)18)16-11-10-8-4-2-3-5-9(8)19-12(10)15-6-14-11/h6-7H,2-5H2,1H3,(H,17,18)(H,14,15,16)/t7-/m1/s1. The van der Waals surface area contributed by atoms with Gasteiger partial charge in [0, 0.05) is 4.88 Å². The molecule has 0 aromatic carbocycles. The molecule has 2 aromatic rings. The van der Waals surface area contributed by atoms with Crippen LogP contribution in [0.3, 0.4) is 0 Å². The quantitative estimate of drug-likeness (QED) is 0.901. The Labute approximate surface area is 114 Å².